The van der Waals surface area contributed by atoms with Gasteiger partial charge >= 0.3 is 0 Å². The second-order valence-electron chi connectivity index (χ2n) is 2.09. The number of aryl methyl sites for hydroxylation is 1. The molecule has 50 valence electrons. The number of aromatic nitrogens is 4. The summed E-state index contributed by atoms with van der Waals surface area (Å²) in [6, 6.07) is 0. The minimum Gasteiger partial charge on any atom is -0.261 e. The van der Waals surface area contributed by atoms with E-state index >= 15 is 0 Å². The quantitative estimate of drug-likeness (QED) is 0.575. The van der Waals surface area contributed by atoms with Gasteiger partial charge in [0.15, 0.2) is 5.65 Å². The van der Waals surface area contributed by atoms with Crippen LogP contribution in [0, 0.1) is 6.92 Å². The van der Waals surface area contributed by atoms with Crippen LogP contribution in [0.4, 0.5) is 0 Å². The number of fused-ring (bicyclic) bond motifs is 1. The molecule has 0 bridgehead atoms. The minimum absolute atomic E-state index is 0.799. The zero-order valence-corrected chi connectivity index (χ0v) is 5.50. The molecule has 2 heterocycles. The van der Waals surface area contributed by atoms with Crippen LogP contribution >= 0.6 is 0 Å². The first-order valence-corrected chi connectivity index (χ1v) is 2.98. The highest BCUT2D eigenvalue weighted by atomic mass is 15.1. The fourth-order valence-corrected chi connectivity index (χ4v) is 0.885. The normalized spacial score (nSPS) is 10.5. The highest BCUT2D eigenvalue weighted by molar-refractivity contribution is 5.75. The third-order valence-electron chi connectivity index (χ3n) is 1.45. The summed E-state index contributed by atoms with van der Waals surface area (Å²) in [6.45, 7) is 1.93. The second-order valence-corrected chi connectivity index (χ2v) is 2.09. The van der Waals surface area contributed by atoms with Gasteiger partial charge in [-0.15, -0.1) is 0 Å². The summed E-state index contributed by atoms with van der Waals surface area (Å²) in [7, 11) is 0. The lowest BCUT2D eigenvalue weighted by Gasteiger charge is -1.88. The van der Waals surface area contributed by atoms with Crippen LogP contribution < -0.4 is 0 Å². The third kappa shape index (κ3) is 0.586. The monoisotopic (exact) mass is 134 g/mol. The first-order valence-electron chi connectivity index (χ1n) is 2.98. The minimum atomic E-state index is 0.799. The zero-order chi connectivity index (χ0) is 6.97. The molecule has 0 saturated carbocycles. The van der Waals surface area contributed by atoms with Crippen LogP contribution in [0.15, 0.2) is 12.5 Å². The van der Waals surface area contributed by atoms with Crippen LogP contribution in [0.25, 0.3) is 11.0 Å². The summed E-state index contributed by atoms with van der Waals surface area (Å²) >= 11 is 0. The van der Waals surface area contributed by atoms with E-state index in [1.165, 1.54) is 6.33 Å². The Hall–Kier alpha value is -1.45. The maximum Gasteiger partial charge on any atom is 0.158 e. The van der Waals surface area contributed by atoms with Crippen LogP contribution in [0.2, 0.25) is 0 Å². The van der Waals surface area contributed by atoms with Crippen molar-refractivity contribution in [2.75, 3.05) is 0 Å². The van der Waals surface area contributed by atoms with Crippen LogP contribution in [0.5, 0.6) is 0 Å². The molecule has 2 aromatic rings. The predicted octanol–water partition coefficient (Wildman–Crippen LogP) is 0.661. The van der Waals surface area contributed by atoms with Gasteiger partial charge in [-0.1, -0.05) is 0 Å². The number of nitrogens with zero attached hydrogens (tertiary/aromatic N) is 3. The molecule has 0 aliphatic heterocycles. The van der Waals surface area contributed by atoms with E-state index in [1.807, 2.05) is 6.92 Å². The first-order chi connectivity index (χ1) is 4.88. The summed E-state index contributed by atoms with van der Waals surface area (Å²) in [5, 5.41) is 7.58. The van der Waals surface area contributed by atoms with Gasteiger partial charge in [0, 0.05) is 0 Å². The fraction of sp³-hybridized carbons (Fsp3) is 0.167. The Bertz CT molecular complexity index is 351. The highest BCUT2D eigenvalue weighted by Gasteiger charge is 1.97. The molecule has 0 fully saturated rings. The van der Waals surface area contributed by atoms with Crippen molar-refractivity contribution in [3.8, 4) is 0 Å². The van der Waals surface area contributed by atoms with Crippen molar-refractivity contribution in [3.63, 3.8) is 0 Å². The maximum atomic E-state index is 4.01. The van der Waals surface area contributed by atoms with E-state index in [0.717, 1.165) is 16.7 Å². The van der Waals surface area contributed by atoms with Gasteiger partial charge in [0.05, 0.1) is 17.3 Å². The zero-order valence-electron chi connectivity index (χ0n) is 5.50. The Morgan fingerprint density at radius 3 is 3.10 bits per heavy atom. The molecule has 0 saturated heterocycles. The Kier molecular flexibility index (Phi) is 0.943. The first kappa shape index (κ1) is 5.34. The van der Waals surface area contributed by atoms with Gasteiger partial charge in [-0.2, -0.15) is 5.10 Å². The molecule has 0 aliphatic rings. The SMILES string of the molecule is Cc1ncnc2[nH]ncc12. The summed E-state index contributed by atoms with van der Waals surface area (Å²) < 4.78 is 0. The van der Waals surface area contributed by atoms with Crippen molar-refractivity contribution in [1.29, 1.82) is 0 Å². The molecule has 0 atom stereocenters. The lowest BCUT2D eigenvalue weighted by atomic mass is 10.3. The van der Waals surface area contributed by atoms with Gasteiger partial charge in [-0.05, 0) is 6.92 Å². The van der Waals surface area contributed by atoms with Gasteiger partial charge in [0.1, 0.15) is 6.33 Å². The molecule has 4 nitrogen and oxygen atoms in total. The predicted molar refractivity (Wildman–Crippen MR) is 36.4 cm³/mol. The Balaban J connectivity index is 2.95. The molecular formula is C6H6N4. The van der Waals surface area contributed by atoms with Crippen molar-refractivity contribution in [2.24, 2.45) is 0 Å². The van der Waals surface area contributed by atoms with Crippen molar-refractivity contribution < 1.29 is 0 Å². The molecule has 0 amide bonds. The lowest BCUT2D eigenvalue weighted by molar-refractivity contribution is 1.08. The average Bonchev–Trinajstić information content (AvgIpc) is 2.36. The third-order valence-corrected chi connectivity index (χ3v) is 1.45. The summed E-state index contributed by atoms with van der Waals surface area (Å²) in [6.07, 6.45) is 3.25. The summed E-state index contributed by atoms with van der Waals surface area (Å²) in [4.78, 5) is 7.98. The van der Waals surface area contributed by atoms with E-state index in [1.54, 1.807) is 6.20 Å². The average molecular weight is 134 g/mol. The molecule has 4 heteroatoms. The van der Waals surface area contributed by atoms with Crippen molar-refractivity contribution in [1.82, 2.24) is 20.2 Å². The van der Waals surface area contributed by atoms with Gasteiger partial charge in [0.25, 0.3) is 0 Å². The van der Waals surface area contributed by atoms with Gasteiger partial charge in [0.2, 0.25) is 0 Å². The Morgan fingerprint density at radius 1 is 1.40 bits per heavy atom. The van der Waals surface area contributed by atoms with E-state index in [9.17, 15) is 0 Å². The fourth-order valence-electron chi connectivity index (χ4n) is 0.885. The number of hydrogen-bond acceptors (Lipinski definition) is 3. The molecule has 1 N–H and O–H groups in total. The molecule has 10 heavy (non-hydrogen) atoms. The molecule has 0 aliphatic carbocycles. The molecule has 2 rings (SSSR count). The standard InChI is InChI=1S/C6H6N4/c1-4-5-2-9-10-6(5)8-3-7-4/h2-3H,1H3,(H,7,8,9,10). The Morgan fingerprint density at radius 2 is 2.30 bits per heavy atom. The lowest BCUT2D eigenvalue weighted by Crippen LogP contribution is -1.83. The largest absolute Gasteiger partial charge is 0.261 e. The Labute approximate surface area is 57.3 Å². The smallest absolute Gasteiger partial charge is 0.158 e. The molecule has 2 aromatic heterocycles. The van der Waals surface area contributed by atoms with Crippen LogP contribution in [0.1, 0.15) is 5.69 Å². The second kappa shape index (κ2) is 1.76. The highest BCUT2D eigenvalue weighted by Crippen LogP contribution is 2.08. The van der Waals surface area contributed by atoms with Crippen molar-refractivity contribution >= 4 is 11.0 Å². The van der Waals surface area contributed by atoms with Gasteiger partial charge < -0.3 is 0 Å². The number of rotatable bonds is 0. The number of hydrogen-bond donors (Lipinski definition) is 1. The molecule has 0 spiro atoms. The van der Waals surface area contributed by atoms with Crippen molar-refractivity contribution in [2.45, 2.75) is 6.92 Å². The maximum absolute atomic E-state index is 4.01. The van der Waals surface area contributed by atoms with E-state index in [4.69, 9.17) is 0 Å². The van der Waals surface area contributed by atoms with Gasteiger partial charge in [-0.25, -0.2) is 9.97 Å². The van der Waals surface area contributed by atoms with Crippen LogP contribution in [-0.4, -0.2) is 20.2 Å². The van der Waals surface area contributed by atoms with E-state index in [2.05, 4.69) is 20.2 Å². The molecular weight excluding hydrogens is 128 g/mol. The number of aromatic amines is 1. The summed E-state index contributed by atoms with van der Waals surface area (Å²) in [5.41, 5.74) is 1.76. The van der Waals surface area contributed by atoms with Gasteiger partial charge in [-0.3, -0.25) is 5.10 Å². The summed E-state index contributed by atoms with van der Waals surface area (Å²) in [5.74, 6) is 0. The molecule has 0 aromatic carbocycles. The van der Waals surface area contributed by atoms with Crippen LogP contribution in [-0.2, 0) is 0 Å². The molecule has 0 unspecified atom stereocenters. The molecule has 0 radical (unpaired) electrons. The van der Waals surface area contributed by atoms with Crippen molar-refractivity contribution in [3.05, 3.63) is 18.2 Å². The van der Waals surface area contributed by atoms with E-state index < -0.39 is 0 Å². The number of H-pyrrole nitrogens is 1. The topological polar surface area (TPSA) is 54.5 Å². The number of nitrogens with one attached hydrogen (secondary N) is 1. The van der Waals surface area contributed by atoms with E-state index in [-0.39, 0.29) is 0 Å². The van der Waals surface area contributed by atoms with Crippen LogP contribution in [0.3, 0.4) is 0 Å². The van der Waals surface area contributed by atoms with E-state index in [0.29, 0.717) is 0 Å².